The Hall–Kier alpha value is -1.46. The number of carbonyl (C=O) groups is 1. The fourth-order valence-corrected chi connectivity index (χ4v) is 6.47. The van der Waals surface area contributed by atoms with Gasteiger partial charge in [0.05, 0.1) is 25.4 Å². The number of aliphatic hydroxyl groups is 5. The lowest BCUT2D eigenvalue weighted by atomic mass is 9.99. The molecule has 0 saturated carbocycles. The van der Waals surface area contributed by atoms with E-state index < -0.39 is 78.5 Å². The SMILES string of the molecule is CCCCC/C=C\C/C=C\CCCCCCCCC(O)C(=O)NC(COC1OC(CO)C(O)C(OS(=O)(=O)O)C1O)C(O)CCCCCCCC. The molecule has 0 bridgehead atoms. The van der Waals surface area contributed by atoms with Crippen molar-refractivity contribution >= 4 is 16.3 Å². The van der Waals surface area contributed by atoms with E-state index in [2.05, 4.69) is 47.7 Å². The molecule has 1 saturated heterocycles. The molecule has 8 atom stereocenters. The minimum Gasteiger partial charge on any atom is -0.394 e. The molecule has 300 valence electrons. The first kappa shape index (κ1) is 47.6. The van der Waals surface area contributed by atoms with Crippen molar-refractivity contribution < 1.29 is 57.0 Å². The number of rotatable bonds is 31. The Morgan fingerprint density at radius 3 is 1.90 bits per heavy atom. The molecule has 0 aromatic carbocycles. The van der Waals surface area contributed by atoms with Crippen molar-refractivity contribution in [3.63, 3.8) is 0 Å². The fourth-order valence-electron chi connectivity index (χ4n) is 5.96. The van der Waals surface area contributed by atoms with Gasteiger partial charge in [-0.15, -0.1) is 0 Å². The van der Waals surface area contributed by atoms with Crippen LogP contribution in [0.15, 0.2) is 24.3 Å². The Kier molecular flexibility index (Phi) is 27.0. The molecule has 0 spiro atoms. The van der Waals surface area contributed by atoms with E-state index in [1.54, 1.807) is 0 Å². The average molecular weight is 752 g/mol. The molecule has 0 aliphatic carbocycles. The summed E-state index contributed by atoms with van der Waals surface area (Å²) in [5.41, 5.74) is 0. The minimum atomic E-state index is -5.10. The van der Waals surface area contributed by atoms with Gasteiger partial charge in [-0.3, -0.25) is 9.35 Å². The number of hydrogen-bond acceptors (Lipinski definition) is 11. The van der Waals surface area contributed by atoms with Gasteiger partial charge in [-0.1, -0.05) is 122 Å². The number of amides is 1. The number of hydrogen-bond donors (Lipinski definition) is 7. The third-order valence-electron chi connectivity index (χ3n) is 9.12. The Balaban J connectivity index is 2.57. The number of aliphatic hydroxyl groups excluding tert-OH is 5. The largest absolute Gasteiger partial charge is 0.397 e. The highest BCUT2D eigenvalue weighted by atomic mass is 32.3. The molecule has 1 aliphatic rings. The molecule has 1 rings (SSSR count). The van der Waals surface area contributed by atoms with E-state index in [-0.39, 0.29) is 6.42 Å². The van der Waals surface area contributed by atoms with Crippen molar-refractivity contribution in [1.29, 1.82) is 0 Å². The lowest BCUT2D eigenvalue weighted by Gasteiger charge is -2.41. The molecule has 51 heavy (non-hydrogen) atoms. The van der Waals surface area contributed by atoms with Gasteiger partial charge in [-0.25, -0.2) is 4.18 Å². The summed E-state index contributed by atoms with van der Waals surface area (Å²) in [4.78, 5) is 13.0. The predicted molar refractivity (Wildman–Crippen MR) is 196 cm³/mol. The van der Waals surface area contributed by atoms with Gasteiger partial charge in [-0.05, 0) is 44.9 Å². The van der Waals surface area contributed by atoms with Crippen molar-refractivity contribution in [2.75, 3.05) is 13.2 Å². The van der Waals surface area contributed by atoms with Gasteiger partial charge < -0.3 is 40.3 Å². The quantitative estimate of drug-likeness (QED) is 0.0290. The smallest absolute Gasteiger partial charge is 0.394 e. The summed E-state index contributed by atoms with van der Waals surface area (Å²) in [7, 11) is -5.10. The summed E-state index contributed by atoms with van der Waals surface area (Å²) in [6.07, 6.45) is 17.1. The maximum absolute atomic E-state index is 13.0. The zero-order valence-corrected chi connectivity index (χ0v) is 31.8. The lowest BCUT2D eigenvalue weighted by Crippen LogP contribution is -2.61. The molecule has 0 radical (unpaired) electrons. The maximum atomic E-state index is 13.0. The van der Waals surface area contributed by atoms with Gasteiger partial charge in [0.25, 0.3) is 0 Å². The van der Waals surface area contributed by atoms with Crippen LogP contribution in [0.4, 0.5) is 0 Å². The highest BCUT2D eigenvalue weighted by Gasteiger charge is 2.48. The van der Waals surface area contributed by atoms with Gasteiger partial charge in [-0.2, -0.15) is 8.42 Å². The third-order valence-corrected chi connectivity index (χ3v) is 9.59. The standard InChI is InChI=1S/C37H69NO12S/c1-3-5-7-9-11-12-13-14-15-16-17-18-19-20-22-24-26-31(41)36(44)38-29(30(40)25-23-21-10-8-6-4-2)28-48-37-34(43)35(50-51(45,46)47)33(42)32(27-39)49-37/h11-12,14-15,29-35,37,39-43H,3-10,13,16-28H2,1-2H3,(H,38,44)(H,45,46,47)/b12-11-,15-14-. The van der Waals surface area contributed by atoms with Crippen LogP contribution in [-0.4, -0.2) is 107 Å². The maximum Gasteiger partial charge on any atom is 0.397 e. The molecule has 0 aromatic rings. The van der Waals surface area contributed by atoms with E-state index in [1.807, 2.05) is 0 Å². The summed E-state index contributed by atoms with van der Waals surface area (Å²) >= 11 is 0. The third kappa shape index (κ3) is 22.4. The summed E-state index contributed by atoms with van der Waals surface area (Å²) in [6, 6.07) is -1.03. The van der Waals surface area contributed by atoms with Gasteiger partial charge in [0, 0.05) is 0 Å². The van der Waals surface area contributed by atoms with Gasteiger partial charge in [0.1, 0.15) is 30.5 Å². The second-order valence-electron chi connectivity index (χ2n) is 13.7. The van der Waals surface area contributed by atoms with Crippen LogP contribution in [0.3, 0.4) is 0 Å². The van der Waals surface area contributed by atoms with Crippen LogP contribution >= 0.6 is 0 Å². The summed E-state index contributed by atoms with van der Waals surface area (Å²) in [5.74, 6) is -0.686. The van der Waals surface area contributed by atoms with Crippen LogP contribution in [-0.2, 0) is 28.9 Å². The number of carbonyl (C=O) groups excluding carboxylic acids is 1. The van der Waals surface area contributed by atoms with Gasteiger partial charge in [0.2, 0.25) is 5.91 Å². The van der Waals surface area contributed by atoms with Crippen molar-refractivity contribution in [2.45, 2.75) is 191 Å². The topological polar surface area (TPSA) is 212 Å². The van der Waals surface area contributed by atoms with Gasteiger partial charge >= 0.3 is 10.4 Å². The Labute approximate surface area is 306 Å². The van der Waals surface area contributed by atoms with E-state index in [9.17, 15) is 38.7 Å². The van der Waals surface area contributed by atoms with Crippen LogP contribution in [0, 0.1) is 0 Å². The van der Waals surface area contributed by atoms with Crippen LogP contribution < -0.4 is 5.32 Å². The first-order chi connectivity index (χ1) is 24.4. The van der Waals surface area contributed by atoms with E-state index in [0.29, 0.717) is 19.3 Å². The highest BCUT2D eigenvalue weighted by Crippen LogP contribution is 2.26. The lowest BCUT2D eigenvalue weighted by molar-refractivity contribution is -0.298. The van der Waals surface area contributed by atoms with E-state index in [4.69, 9.17) is 14.0 Å². The number of allylic oxidation sites excluding steroid dienone is 4. The van der Waals surface area contributed by atoms with Crippen LogP contribution in [0.25, 0.3) is 0 Å². The zero-order chi connectivity index (χ0) is 37.9. The molecule has 1 heterocycles. The molecule has 1 fully saturated rings. The molecule has 8 unspecified atom stereocenters. The van der Waals surface area contributed by atoms with Crippen molar-refractivity contribution in [1.82, 2.24) is 5.32 Å². The van der Waals surface area contributed by atoms with Crippen molar-refractivity contribution in [3.8, 4) is 0 Å². The predicted octanol–water partition coefficient (Wildman–Crippen LogP) is 4.79. The van der Waals surface area contributed by atoms with Crippen molar-refractivity contribution in [2.24, 2.45) is 0 Å². The van der Waals surface area contributed by atoms with E-state index >= 15 is 0 Å². The Morgan fingerprint density at radius 2 is 1.31 bits per heavy atom. The molecule has 1 amide bonds. The molecule has 13 nitrogen and oxygen atoms in total. The normalized spacial score (nSPS) is 23.2. The number of ether oxygens (including phenoxy) is 2. The van der Waals surface area contributed by atoms with Crippen LogP contribution in [0.5, 0.6) is 0 Å². The summed E-state index contributed by atoms with van der Waals surface area (Å²) in [5, 5.41) is 54.7. The fraction of sp³-hybridized carbons (Fsp3) is 0.865. The molecular formula is C37H69NO12S. The minimum absolute atomic E-state index is 0.247. The Morgan fingerprint density at radius 1 is 0.784 bits per heavy atom. The summed E-state index contributed by atoms with van der Waals surface area (Å²) in [6.45, 7) is 3.12. The molecule has 1 aliphatic heterocycles. The molecule has 14 heteroatoms. The monoisotopic (exact) mass is 751 g/mol. The average Bonchev–Trinajstić information content (AvgIpc) is 3.09. The second-order valence-corrected chi connectivity index (χ2v) is 14.7. The van der Waals surface area contributed by atoms with Crippen LogP contribution in [0.2, 0.25) is 0 Å². The molecule has 0 aromatic heterocycles. The second kappa shape index (κ2) is 29.0. The van der Waals surface area contributed by atoms with Crippen molar-refractivity contribution in [3.05, 3.63) is 24.3 Å². The number of unbranched alkanes of at least 4 members (excludes halogenated alkanes) is 14. The van der Waals surface area contributed by atoms with E-state index in [1.165, 1.54) is 19.3 Å². The first-order valence-electron chi connectivity index (χ1n) is 19.3. The highest BCUT2D eigenvalue weighted by molar-refractivity contribution is 7.80. The van der Waals surface area contributed by atoms with Gasteiger partial charge in [0.15, 0.2) is 6.29 Å². The summed E-state index contributed by atoms with van der Waals surface area (Å²) < 4.78 is 47.1. The van der Waals surface area contributed by atoms with Crippen LogP contribution in [0.1, 0.15) is 142 Å². The molecular weight excluding hydrogens is 682 g/mol. The first-order valence-corrected chi connectivity index (χ1v) is 20.7. The number of nitrogens with one attached hydrogen (secondary N) is 1. The van der Waals surface area contributed by atoms with E-state index in [0.717, 1.165) is 83.5 Å². The molecule has 7 N–H and O–H groups in total. The Bertz CT molecular complexity index is 1040. The zero-order valence-electron chi connectivity index (χ0n) is 31.0.